The molecule has 1 aromatic rings. The Balaban J connectivity index is 1.82. The molecule has 2 atom stereocenters. The van der Waals surface area contributed by atoms with E-state index in [2.05, 4.69) is 17.4 Å². The van der Waals surface area contributed by atoms with Crippen LogP contribution in [-0.4, -0.2) is 30.6 Å². The van der Waals surface area contributed by atoms with Crippen LogP contribution < -0.4 is 5.32 Å². The molecule has 0 saturated carbocycles. The zero-order chi connectivity index (χ0) is 11.7. The average molecular weight is 231 g/mol. The van der Waals surface area contributed by atoms with Gasteiger partial charge in [-0.25, -0.2) is 0 Å². The van der Waals surface area contributed by atoms with Gasteiger partial charge in [0, 0.05) is 18.9 Å². The fourth-order valence-corrected chi connectivity index (χ4v) is 3.00. The minimum atomic E-state index is -0.167. The second-order valence-corrected chi connectivity index (χ2v) is 5.22. The lowest BCUT2D eigenvalue weighted by Gasteiger charge is -2.45. The van der Waals surface area contributed by atoms with E-state index in [9.17, 15) is 4.79 Å². The first-order valence-electron chi connectivity index (χ1n) is 6.17. The van der Waals surface area contributed by atoms with Crippen molar-refractivity contribution < 1.29 is 9.53 Å². The minimum absolute atomic E-state index is 0.167. The molecule has 3 rings (SSSR count). The van der Waals surface area contributed by atoms with E-state index in [0.29, 0.717) is 31.8 Å². The van der Waals surface area contributed by atoms with Crippen LogP contribution in [0.4, 0.5) is 0 Å². The molecular weight excluding hydrogens is 214 g/mol. The molecule has 90 valence electrons. The number of morpholine rings is 1. The van der Waals surface area contributed by atoms with Crippen LogP contribution in [0.3, 0.4) is 0 Å². The Morgan fingerprint density at radius 3 is 3.00 bits per heavy atom. The molecule has 0 aromatic heterocycles. The Morgan fingerprint density at radius 1 is 1.35 bits per heavy atom. The normalized spacial score (nSPS) is 32.5. The summed E-state index contributed by atoms with van der Waals surface area (Å²) in [4.78, 5) is 11.8. The molecule has 3 nitrogen and oxygen atoms in total. The number of benzene rings is 1. The maximum Gasteiger partial charge on any atom is 0.136 e. The maximum atomic E-state index is 11.8. The predicted molar refractivity (Wildman–Crippen MR) is 64.9 cm³/mol. The van der Waals surface area contributed by atoms with Gasteiger partial charge in [-0.1, -0.05) is 30.3 Å². The van der Waals surface area contributed by atoms with Crippen molar-refractivity contribution in [1.82, 2.24) is 5.32 Å². The van der Waals surface area contributed by atoms with Crippen LogP contribution >= 0.6 is 0 Å². The zero-order valence-corrected chi connectivity index (χ0v) is 9.82. The fourth-order valence-electron chi connectivity index (χ4n) is 3.00. The van der Waals surface area contributed by atoms with E-state index >= 15 is 0 Å². The van der Waals surface area contributed by atoms with Gasteiger partial charge in [0.1, 0.15) is 5.78 Å². The highest BCUT2D eigenvalue weighted by Crippen LogP contribution is 2.28. The Kier molecular flexibility index (Phi) is 2.73. The van der Waals surface area contributed by atoms with Gasteiger partial charge in [-0.05, 0) is 12.0 Å². The van der Waals surface area contributed by atoms with Crippen LogP contribution in [0.15, 0.2) is 30.3 Å². The maximum absolute atomic E-state index is 11.8. The van der Waals surface area contributed by atoms with Gasteiger partial charge in [0.2, 0.25) is 0 Å². The van der Waals surface area contributed by atoms with Crippen molar-refractivity contribution in [1.29, 1.82) is 0 Å². The summed E-state index contributed by atoms with van der Waals surface area (Å²) >= 11 is 0. The van der Waals surface area contributed by atoms with Crippen molar-refractivity contribution in [3.05, 3.63) is 35.9 Å². The number of rotatable bonds is 2. The van der Waals surface area contributed by atoms with Gasteiger partial charge in [-0.2, -0.15) is 0 Å². The summed E-state index contributed by atoms with van der Waals surface area (Å²) in [5, 5.41) is 3.60. The molecule has 2 aliphatic rings. The molecular formula is C14H17NO2. The van der Waals surface area contributed by atoms with Gasteiger partial charge in [-0.15, -0.1) is 0 Å². The van der Waals surface area contributed by atoms with Crippen molar-refractivity contribution in [3.8, 4) is 0 Å². The van der Waals surface area contributed by atoms with Crippen LogP contribution in [0.25, 0.3) is 0 Å². The summed E-state index contributed by atoms with van der Waals surface area (Å²) in [5.74, 6) is 0.369. The monoisotopic (exact) mass is 231 g/mol. The topological polar surface area (TPSA) is 38.3 Å². The molecule has 0 amide bonds. The molecule has 3 heteroatoms. The lowest BCUT2D eigenvalue weighted by atomic mass is 9.80. The number of carbonyl (C=O) groups excluding carboxylic acids is 1. The zero-order valence-electron chi connectivity index (χ0n) is 9.82. The molecule has 2 aliphatic heterocycles. The van der Waals surface area contributed by atoms with Crippen LogP contribution in [0.5, 0.6) is 0 Å². The van der Waals surface area contributed by atoms with Gasteiger partial charge in [0.05, 0.1) is 18.8 Å². The standard InChI is InChI=1S/C14H17NO2/c16-13-6-12-9-17-10-14(8-13,15-12)7-11-4-2-1-3-5-11/h1-5,12,15H,6-10H2. The molecule has 0 aliphatic carbocycles. The molecule has 0 spiro atoms. The van der Waals surface area contributed by atoms with Crippen molar-refractivity contribution >= 4 is 5.78 Å². The Morgan fingerprint density at radius 2 is 2.18 bits per heavy atom. The third kappa shape index (κ3) is 2.26. The summed E-state index contributed by atoms with van der Waals surface area (Å²) in [6, 6.07) is 10.5. The van der Waals surface area contributed by atoms with Crippen molar-refractivity contribution in [2.24, 2.45) is 0 Å². The number of ketones is 1. The van der Waals surface area contributed by atoms with E-state index in [1.54, 1.807) is 0 Å². The third-order valence-corrected chi connectivity index (χ3v) is 3.60. The van der Waals surface area contributed by atoms with Gasteiger partial charge >= 0.3 is 0 Å². The van der Waals surface area contributed by atoms with Crippen molar-refractivity contribution in [2.45, 2.75) is 30.8 Å². The van der Waals surface area contributed by atoms with Gasteiger partial charge in [-0.3, -0.25) is 4.79 Å². The van der Waals surface area contributed by atoms with E-state index in [4.69, 9.17) is 4.74 Å². The van der Waals surface area contributed by atoms with Crippen LogP contribution in [0.1, 0.15) is 18.4 Å². The molecule has 2 bridgehead atoms. The number of nitrogens with one attached hydrogen (secondary N) is 1. The summed E-state index contributed by atoms with van der Waals surface area (Å²) in [6.45, 7) is 1.31. The summed E-state index contributed by atoms with van der Waals surface area (Å²) in [7, 11) is 0. The second kappa shape index (κ2) is 4.24. The van der Waals surface area contributed by atoms with E-state index in [0.717, 1.165) is 6.42 Å². The fraction of sp³-hybridized carbons (Fsp3) is 0.500. The molecule has 1 aromatic carbocycles. The van der Waals surface area contributed by atoms with E-state index in [-0.39, 0.29) is 11.6 Å². The summed E-state index contributed by atoms with van der Waals surface area (Å²) < 4.78 is 5.65. The number of fused-ring (bicyclic) bond motifs is 2. The van der Waals surface area contributed by atoms with Gasteiger partial charge < -0.3 is 10.1 Å². The highest BCUT2D eigenvalue weighted by Gasteiger charge is 2.42. The number of ether oxygens (including phenoxy) is 1. The second-order valence-electron chi connectivity index (χ2n) is 5.22. The molecule has 17 heavy (non-hydrogen) atoms. The summed E-state index contributed by atoms with van der Waals surface area (Å²) in [6.07, 6.45) is 2.09. The number of hydrogen-bond donors (Lipinski definition) is 1. The Hall–Kier alpha value is -1.19. The van der Waals surface area contributed by atoms with Crippen LogP contribution in [0.2, 0.25) is 0 Å². The lowest BCUT2D eigenvalue weighted by molar-refractivity contribution is -0.129. The first kappa shape index (κ1) is 10.9. The quantitative estimate of drug-likeness (QED) is 0.834. The first-order chi connectivity index (χ1) is 8.26. The van der Waals surface area contributed by atoms with Crippen molar-refractivity contribution in [2.75, 3.05) is 13.2 Å². The Labute approximate surface area is 101 Å². The number of carbonyl (C=O) groups is 1. The largest absolute Gasteiger partial charge is 0.378 e. The molecule has 2 saturated heterocycles. The van der Waals surface area contributed by atoms with Crippen LogP contribution in [0, 0.1) is 0 Å². The van der Waals surface area contributed by atoms with Crippen LogP contribution in [-0.2, 0) is 16.0 Å². The van der Waals surface area contributed by atoms with Crippen molar-refractivity contribution in [3.63, 3.8) is 0 Å². The molecule has 0 radical (unpaired) electrons. The van der Waals surface area contributed by atoms with Gasteiger partial charge in [0.25, 0.3) is 0 Å². The SMILES string of the molecule is O=C1CC2COCC(Cc3ccccc3)(C1)N2. The molecule has 2 unspecified atom stereocenters. The van der Waals surface area contributed by atoms with E-state index in [1.807, 2.05) is 18.2 Å². The van der Waals surface area contributed by atoms with E-state index in [1.165, 1.54) is 5.56 Å². The Bertz CT molecular complexity index is 417. The summed E-state index contributed by atoms with van der Waals surface area (Å²) in [5.41, 5.74) is 1.10. The first-order valence-corrected chi connectivity index (χ1v) is 6.17. The minimum Gasteiger partial charge on any atom is -0.378 e. The number of hydrogen-bond acceptors (Lipinski definition) is 3. The smallest absolute Gasteiger partial charge is 0.136 e. The highest BCUT2D eigenvalue weighted by atomic mass is 16.5. The highest BCUT2D eigenvalue weighted by molar-refractivity contribution is 5.81. The third-order valence-electron chi connectivity index (χ3n) is 3.60. The number of Topliss-reactive ketones (excluding diaryl/α,β-unsaturated/α-hetero) is 1. The van der Waals surface area contributed by atoms with E-state index < -0.39 is 0 Å². The predicted octanol–water partition coefficient (Wildman–Crippen LogP) is 1.32. The molecule has 2 heterocycles. The average Bonchev–Trinajstić information content (AvgIpc) is 2.28. The van der Waals surface area contributed by atoms with Gasteiger partial charge in [0.15, 0.2) is 0 Å². The molecule has 2 fully saturated rings. The molecule has 1 N–H and O–H groups in total. The number of piperidine rings is 1. The lowest BCUT2D eigenvalue weighted by Crippen LogP contribution is -2.64.